The van der Waals surface area contributed by atoms with Crippen LogP contribution >= 0.6 is 50.5 Å². The summed E-state index contributed by atoms with van der Waals surface area (Å²) >= 11 is 16.1. The van der Waals surface area contributed by atoms with Crippen LogP contribution in [0.25, 0.3) is 0 Å². The van der Waals surface area contributed by atoms with Crippen molar-refractivity contribution in [2.75, 3.05) is 4.72 Å². The Morgan fingerprint density at radius 2 is 1.72 bits per heavy atom. The van der Waals surface area contributed by atoms with Gasteiger partial charge in [-0.1, -0.05) is 29.3 Å². The van der Waals surface area contributed by atoms with Crippen molar-refractivity contribution in [3.8, 4) is 0 Å². The molecular formula is C10H6BrCl2NO2S2. The molecule has 0 fully saturated rings. The van der Waals surface area contributed by atoms with Gasteiger partial charge >= 0.3 is 0 Å². The molecule has 96 valence electrons. The smallest absolute Gasteiger partial charge is 0.271 e. The highest BCUT2D eigenvalue weighted by molar-refractivity contribution is 9.11. The second-order valence-electron chi connectivity index (χ2n) is 3.26. The van der Waals surface area contributed by atoms with Gasteiger partial charge in [0.15, 0.2) is 0 Å². The molecule has 0 bridgehead atoms. The average Bonchev–Trinajstić information content (AvgIpc) is 2.71. The Kier molecular flexibility index (Phi) is 4.23. The van der Waals surface area contributed by atoms with Crippen LogP contribution in [0.1, 0.15) is 0 Å². The first-order valence-corrected chi connectivity index (χ1v) is 8.47. The van der Waals surface area contributed by atoms with Gasteiger partial charge in [-0.2, -0.15) is 0 Å². The second kappa shape index (κ2) is 5.38. The van der Waals surface area contributed by atoms with Gasteiger partial charge in [0.2, 0.25) is 0 Å². The lowest BCUT2D eigenvalue weighted by molar-refractivity contribution is 0.603. The van der Waals surface area contributed by atoms with Gasteiger partial charge in [-0.15, -0.1) is 11.3 Å². The van der Waals surface area contributed by atoms with E-state index in [0.717, 1.165) is 15.1 Å². The molecule has 0 amide bonds. The Balaban J connectivity index is 2.40. The second-order valence-corrected chi connectivity index (χ2v) is 8.45. The van der Waals surface area contributed by atoms with E-state index in [-0.39, 0.29) is 19.9 Å². The largest absolute Gasteiger partial charge is 0.276 e. The van der Waals surface area contributed by atoms with E-state index in [1.165, 1.54) is 6.07 Å². The number of hydrogen-bond donors (Lipinski definition) is 1. The van der Waals surface area contributed by atoms with Crippen molar-refractivity contribution in [3.63, 3.8) is 0 Å². The number of para-hydroxylation sites is 1. The van der Waals surface area contributed by atoms with E-state index in [4.69, 9.17) is 23.2 Å². The molecule has 0 radical (unpaired) electrons. The van der Waals surface area contributed by atoms with Crippen molar-refractivity contribution in [1.82, 2.24) is 0 Å². The summed E-state index contributed by atoms with van der Waals surface area (Å²) in [5.41, 5.74) is 0.186. The van der Waals surface area contributed by atoms with Crippen LogP contribution in [-0.2, 0) is 10.0 Å². The zero-order chi connectivity index (χ0) is 13.3. The maximum Gasteiger partial charge on any atom is 0.271 e. The van der Waals surface area contributed by atoms with Gasteiger partial charge in [0.25, 0.3) is 10.0 Å². The first-order chi connectivity index (χ1) is 8.40. The lowest BCUT2D eigenvalue weighted by Gasteiger charge is -2.09. The molecule has 0 saturated carbocycles. The summed E-state index contributed by atoms with van der Waals surface area (Å²) in [4.78, 5) is 0. The van der Waals surface area contributed by atoms with Crippen LogP contribution in [0.2, 0.25) is 10.0 Å². The number of benzene rings is 1. The normalized spacial score (nSPS) is 11.5. The van der Waals surface area contributed by atoms with E-state index in [9.17, 15) is 8.42 Å². The molecule has 2 rings (SSSR count). The SMILES string of the molecule is O=S(=O)(Nc1c(Cl)cccc1Cl)c1ccc(Br)s1. The number of anilines is 1. The Labute approximate surface area is 127 Å². The molecule has 0 spiro atoms. The predicted octanol–water partition coefficient (Wildman–Crippen LogP) is 4.62. The molecule has 1 heterocycles. The van der Waals surface area contributed by atoms with E-state index in [1.807, 2.05) is 0 Å². The maximum absolute atomic E-state index is 12.1. The van der Waals surface area contributed by atoms with Crippen molar-refractivity contribution >= 4 is 66.2 Å². The van der Waals surface area contributed by atoms with Crippen molar-refractivity contribution in [2.24, 2.45) is 0 Å². The lowest BCUT2D eigenvalue weighted by atomic mass is 10.3. The van der Waals surface area contributed by atoms with Crippen LogP contribution in [0.5, 0.6) is 0 Å². The molecule has 1 aromatic carbocycles. The third kappa shape index (κ3) is 3.00. The Morgan fingerprint density at radius 3 is 2.22 bits per heavy atom. The van der Waals surface area contributed by atoms with Crippen molar-refractivity contribution < 1.29 is 8.42 Å². The topological polar surface area (TPSA) is 46.2 Å². The first kappa shape index (κ1) is 14.1. The van der Waals surface area contributed by atoms with Gasteiger partial charge in [-0.3, -0.25) is 4.72 Å². The Hall–Kier alpha value is -0.270. The number of halogens is 3. The fourth-order valence-electron chi connectivity index (χ4n) is 1.22. The highest BCUT2D eigenvalue weighted by Crippen LogP contribution is 2.33. The van der Waals surface area contributed by atoms with Crippen LogP contribution in [0, 0.1) is 0 Å². The monoisotopic (exact) mass is 385 g/mol. The first-order valence-electron chi connectivity index (χ1n) is 4.62. The zero-order valence-corrected chi connectivity index (χ0v) is 13.4. The van der Waals surface area contributed by atoms with Crippen LogP contribution in [0.15, 0.2) is 38.3 Å². The Bertz CT molecular complexity index is 665. The standard InChI is InChI=1S/C10H6BrCl2NO2S2/c11-8-4-5-9(17-8)18(15,16)14-10-6(12)2-1-3-7(10)13/h1-5,14H. The zero-order valence-electron chi connectivity index (χ0n) is 8.65. The summed E-state index contributed by atoms with van der Waals surface area (Å²) in [5, 5.41) is 0.503. The van der Waals surface area contributed by atoms with Gasteiger partial charge in [-0.25, -0.2) is 8.42 Å². The molecule has 1 N–H and O–H groups in total. The van der Waals surface area contributed by atoms with Crippen LogP contribution in [0.4, 0.5) is 5.69 Å². The summed E-state index contributed by atoms with van der Waals surface area (Å²) in [5.74, 6) is 0. The van der Waals surface area contributed by atoms with Gasteiger partial charge in [0.1, 0.15) is 4.21 Å². The quantitative estimate of drug-likeness (QED) is 0.836. The van der Waals surface area contributed by atoms with Crippen LogP contribution in [-0.4, -0.2) is 8.42 Å². The van der Waals surface area contributed by atoms with Crippen molar-refractivity contribution in [3.05, 3.63) is 44.2 Å². The molecule has 0 aliphatic heterocycles. The molecule has 1 aromatic heterocycles. The molecule has 0 aliphatic rings. The van der Waals surface area contributed by atoms with E-state index < -0.39 is 10.0 Å². The molecule has 18 heavy (non-hydrogen) atoms. The minimum absolute atomic E-state index is 0.186. The van der Waals surface area contributed by atoms with Gasteiger partial charge in [0, 0.05) is 0 Å². The molecular weight excluding hydrogens is 381 g/mol. The Morgan fingerprint density at radius 1 is 1.11 bits per heavy atom. The molecule has 2 aromatic rings. The molecule has 8 heteroatoms. The number of thiophene rings is 1. The lowest BCUT2D eigenvalue weighted by Crippen LogP contribution is -2.12. The highest BCUT2D eigenvalue weighted by Gasteiger charge is 2.19. The summed E-state index contributed by atoms with van der Waals surface area (Å²) < 4.78 is 27.5. The van der Waals surface area contributed by atoms with Crippen molar-refractivity contribution in [1.29, 1.82) is 0 Å². The molecule has 3 nitrogen and oxygen atoms in total. The summed E-state index contributed by atoms with van der Waals surface area (Å²) in [6.45, 7) is 0. The fraction of sp³-hybridized carbons (Fsp3) is 0. The summed E-state index contributed by atoms with van der Waals surface area (Å²) in [6.07, 6.45) is 0. The molecule has 0 unspecified atom stereocenters. The van der Waals surface area contributed by atoms with E-state index in [2.05, 4.69) is 20.7 Å². The highest BCUT2D eigenvalue weighted by atomic mass is 79.9. The number of hydrogen-bond acceptors (Lipinski definition) is 3. The van der Waals surface area contributed by atoms with Gasteiger partial charge < -0.3 is 0 Å². The average molecular weight is 387 g/mol. The maximum atomic E-state index is 12.1. The number of sulfonamides is 1. The fourth-order valence-corrected chi connectivity index (χ4v) is 4.94. The minimum Gasteiger partial charge on any atom is -0.276 e. The van der Waals surface area contributed by atoms with Gasteiger partial charge in [0.05, 0.1) is 19.5 Å². The minimum atomic E-state index is -3.67. The number of rotatable bonds is 3. The predicted molar refractivity (Wildman–Crippen MR) is 79.3 cm³/mol. The van der Waals surface area contributed by atoms with E-state index in [0.29, 0.717) is 0 Å². The third-order valence-electron chi connectivity index (χ3n) is 2.01. The van der Waals surface area contributed by atoms with Crippen molar-refractivity contribution in [2.45, 2.75) is 4.21 Å². The summed E-state index contributed by atoms with van der Waals surface area (Å²) in [6, 6.07) is 7.94. The summed E-state index contributed by atoms with van der Waals surface area (Å²) in [7, 11) is -3.67. The van der Waals surface area contributed by atoms with E-state index >= 15 is 0 Å². The molecule has 0 saturated heterocycles. The third-order valence-corrected chi connectivity index (χ3v) is 6.11. The van der Waals surface area contributed by atoms with E-state index in [1.54, 1.807) is 24.3 Å². The molecule has 0 atom stereocenters. The van der Waals surface area contributed by atoms with Gasteiger partial charge in [-0.05, 0) is 40.2 Å². The van der Waals surface area contributed by atoms with Crippen LogP contribution < -0.4 is 4.72 Å². The van der Waals surface area contributed by atoms with Crippen LogP contribution in [0.3, 0.4) is 0 Å². The number of nitrogens with one attached hydrogen (secondary N) is 1. The molecule has 0 aliphatic carbocycles.